The number of rotatable bonds is 7. The first-order valence-electron chi connectivity index (χ1n) is 6.67. The van der Waals surface area contributed by atoms with E-state index < -0.39 is 18.5 Å². The number of nitrogens with one attached hydrogen (secondary N) is 1. The van der Waals surface area contributed by atoms with Gasteiger partial charge < -0.3 is 19.7 Å². The highest BCUT2D eigenvalue weighted by atomic mass is 16.5. The Morgan fingerprint density at radius 2 is 1.77 bits per heavy atom. The van der Waals surface area contributed by atoms with Gasteiger partial charge in [0.05, 0.1) is 20.1 Å². The minimum atomic E-state index is -0.515. The lowest BCUT2D eigenvalue weighted by atomic mass is 10.1. The van der Waals surface area contributed by atoms with E-state index in [1.807, 2.05) is 0 Å². The number of methoxy groups -OCH3 is 1. The van der Waals surface area contributed by atoms with E-state index in [1.165, 1.54) is 4.90 Å². The maximum atomic E-state index is 11.6. The molecule has 0 aromatic heterocycles. The Balaban J connectivity index is 2.30. The number of ether oxygens (including phenoxy) is 2. The first-order chi connectivity index (χ1) is 10.4. The van der Waals surface area contributed by atoms with Crippen molar-refractivity contribution in [2.24, 2.45) is 0 Å². The van der Waals surface area contributed by atoms with Gasteiger partial charge in [0, 0.05) is 14.1 Å². The smallest absolute Gasteiger partial charge is 0.310 e. The molecule has 0 atom stereocenters. The van der Waals surface area contributed by atoms with E-state index in [1.54, 1.807) is 45.5 Å². The van der Waals surface area contributed by atoms with Crippen molar-refractivity contribution in [3.8, 4) is 5.75 Å². The minimum Gasteiger partial charge on any atom is -0.497 e. The lowest BCUT2D eigenvalue weighted by molar-refractivity contribution is -0.148. The maximum absolute atomic E-state index is 11.6. The Bertz CT molecular complexity index is 525. The number of carbonyl (C=O) groups is 3. The third-order valence-electron chi connectivity index (χ3n) is 2.81. The summed E-state index contributed by atoms with van der Waals surface area (Å²) in [5.74, 6) is -0.572. The summed E-state index contributed by atoms with van der Waals surface area (Å²) >= 11 is 0. The van der Waals surface area contributed by atoms with Gasteiger partial charge in [0.25, 0.3) is 5.91 Å². The molecule has 22 heavy (non-hydrogen) atoms. The number of nitrogens with zero attached hydrogens (tertiary/aromatic N) is 1. The molecule has 1 rings (SSSR count). The van der Waals surface area contributed by atoms with Crippen LogP contribution in [0.2, 0.25) is 0 Å². The molecule has 120 valence electrons. The molecular formula is C15H20N2O5. The lowest BCUT2D eigenvalue weighted by Gasteiger charge is -2.11. The molecule has 0 heterocycles. The summed E-state index contributed by atoms with van der Waals surface area (Å²) in [6, 6.07) is 6.97. The van der Waals surface area contributed by atoms with Crippen LogP contribution in [0.1, 0.15) is 5.56 Å². The standard InChI is InChI=1S/C15H20N2O5/c1-17(2)14(19)9-16-13(18)10-22-15(20)8-11-4-6-12(21-3)7-5-11/h4-7H,8-10H2,1-3H3,(H,16,18). The Morgan fingerprint density at radius 1 is 1.14 bits per heavy atom. The SMILES string of the molecule is COc1ccc(CC(=O)OCC(=O)NCC(=O)N(C)C)cc1. The van der Waals surface area contributed by atoms with Gasteiger partial charge >= 0.3 is 5.97 Å². The fraction of sp³-hybridized carbons (Fsp3) is 0.400. The summed E-state index contributed by atoms with van der Waals surface area (Å²) in [7, 11) is 4.73. The molecule has 7 heteroatoms. The predicted molar refractivity (Wildman–Crippen MR) is 79.4 cm³/mol. The fourth-order valence-corrected chi connectivity index (χ4v) is 1.49. The molecule has 0 saturated carbocycles. The highest BCUT2D eigenvalue weighted by Gasteiger charge is 2.10. The summed E-state index contributed by atoms with van der Waals surface area (Å²) in [6.45, 7) is -0.530. The van der Waals surface area contributed by atoms with Gasteiger partial charge in [0.1, 0.15) is 5.75 Å². The second-order valence-corrected chi connectivity index (χ2v) is 4.75. The summed E-state index contributed by atoms with van der Waals surface area (Å²) < 4.78 is 9.87. The van der Waals surface area contributed by atoms with Crippen molar-refractivity contribution in [1.82, 2.24) is 10.2 Å². The molecule has 0 saturated heterocycles. The molecule has 0 aliphatic rings. The van der Waals surface area contributed by atoms with Crippen LogP contribution >= 0.6 is 0 Å². The number of esters is 1. The van der Waals surface area contributed by atoms with Gasteiger partial charge in [-0.2, -0.15) is 0 Å². The van der Waals surface area contributed by atoms with Gasteiger partial charge in [-0.15, -0.1) is 0 Å². The van der Waals surface area contributed by atoms with Gasteiger partial charge in [-0.25, -0.2) is 0 Å². The minimum absolute atomic E-state index is 0.0634. The molecule has 0 aliphatic heterocycles. The number of amides is 2. The first-order valence-corrected chi connectivity index (χ1v) is 6.67. The van der Waals surface area contributed by atoms with Gasteiger partial charge in [-0.3, -0.25) is 14.4 Å². The third-order valence-corrected chi connectivity index (χ3v) is 2.81. The summed E-state index contributed by atoms with van der Waals surface area (Å²) in [5, 5.41) is 2.37. The summed E-state index contributed by atoms with van der Waals surface area (Å²) in [5.41, 5.74) is 0.758. The normalized spacial score (nSPS) is 9.77. The van der Waals surface area contributed by atoms with Crippen LogP contribution in [0.3, 0.4) is 0 Å². The van der Waals surface area contributed by atoms with Crippen LogP contribution in [0.4, 0.5) is 0 Å². The van der Waals surface area contributed by atoms with Crippen LogP contribution in [0.15, 0.2) is 24.3 Å². The van der Waals surface area contributed by atoms with E-state index in [4.69, 9.17) is 9.47 Å². The molecule has 0 radical (unpaired) electrons. The van der Waals surface area contributed by atoms with E-state index >= 15 is 0 Å². The number of likely N-dealkylation sites (N-methyl/N-ethyl adjacent to an activating group) is 1. The van der Waals surface area contributed by atoms with E-state index in [2.05, 4.69) is 5.32 Å². The molecule has 0 aliphatic carbocycles. The third kappa shape index (κ3) is 6.25. The highest BCUT2D eigenvalue weighted by Crippen LogP contribution is 2.11. The summed E-state index contributed by atoms with van der Waals surface area (Å²) in [4.78, 5) is 35.7. The van der Waals surface area contributed by atoms with Crippen molar-refractivity contribution in [2.75, 3.05) is 34.4 Å². The predicted octanol–water partition coefficient (Wildman–Crippen LogP) is -0.0147. The molecule has 0 bridgehead atoms. The number of hydrogen-bond donors (Lipinski definition) is 1. The molecule has 0 fully saturated rings. The topological polar surface area (TPSA) is 84.9 Å². The van der Waals surface area contributed by atoms with Crippen LogP contribution in [0.5, 0.6) is 5.75 Å². The van der Waals surface area contributed by atoms with Gasteiger partial charge in [-0.1, -0.05) is 12.1 Å². The van der Waals surface area contributed by atoms with Crippen molar-refractivity contribution in [1.29, 1.82) is 0 Å². The molecule has 1 aromatic rings. The molecule has 0 spiro atoms. The Kier molecular flexibility index (Phi) is 6.88. The zero-order valence-electron chi connectivity index (χ0n) is 12.9. The van der Waals surface area contributed by atoms with Gasteiger partial charge in [0.15, 0.2) is 6.61 Å². The van der Waals surface area contributed by atoms with E-state index in [0.717, 1.165) is 5.56 Å². The van der Waals surface area contributed by atoms with Crippen molar-refractivity contribution in [3.63, 3.8) is 0 Å². The summed E-state index contributed by atoms with van der Waals surface area (Å²) in [6.07, 6.45) is 0.0634. The van der Waals surface area contributed by atoms with E-state index in [9.17, 15) is 14.4 Å². The Hall–Kier alpha value is -2.57. The largest absolute Gasteiger partial charge is 0.497 e. The number of benzene rings is 1. The Morgan fingerprint density at radius 3 is 2.32 bits per heavy atom. The van der Waals surface area contributed by atoms with Crippen molar-refractivity contribution in [3.05, 3.63) is 29.8 Å². The van der Waals surface area contributed by atoms with Gasteiger partial charge in [-0.05, 0) is 17.7 Å². The molecule has 1 N–H and O–H groups in total. The van der Waals surface area contributed by atoms with Gasteiger partial charge in [0.2, 0.25) is 5.91 Å². The molecule has 7 nitrogen and oxygen atoms in total. The lowest BCUT2D eigenvalue weighted by Crippen LogP contribution is -2.38. The monoisotopic (exact) mass is 308 g/mol. The van der Waals surface area contributed by atoms with Crippen LogP contribution in [-0.2, 0) is 25.5 Å². The Labute approximate surface area is 129 Å². The second-order valence-electron chi connectivity index (χ2n) is 4.75. The van der Waals surface area contributed by atoms with Crippen molar-refractivity contribution < 1.29 is 23.9 Å². The van der Waals surface area contributed by atoms with Crippen LogP contribution in [0, 0.1) is 0 Å². The quantitative estimate of drug-likeness (QED) is 0.716. The zero-order chi connectivity index (χ0) is 16.5. The highest BCUT2D eigenvalue weighted by molar-refractivity contribution is 5.86. The maximum Gasteiger partial charge on any atom is 0.310 e. The second kappa shape index (κ2) is 8.66. The number of hydrogen-bond acceptors (Lipinski definition) is 5. The zero-order valence-corrected chi connectivity index (χ0v) is 12.9. The molecule has 1 aromatic carbocycles. The van der Waals surface area contributed by atoms with E-state index in [0.29, 0.717) is 5.75 Å². The van der Waals surface area contributed by atoms with Crippen LogP contribution in [-0.4, -0.2) is 57.0 Å². The van der Waals surface area contributed by atoms with Crippen molar-refractivity contribution in [2.45, 2.75) is 6.42 Å². The van der Waals surface area contributed by atoms with E-state index in [-0.39, 0.29) is 18.9 Å². The number of carbonyl (C=O) groups excluding carboxylic acids is 3. The molecule has 0 unspecified atom stereocenters. The fourth-order valence-electron chi connectivity index (χ4n) is 1.49. The molecule has 2 amide bonds. The average molecular weight is 308 g/mol. The van der Waals surface area contributed by atoms with Crippen molar-refractivity contribution >= 4 is 17.8 Å². The molecular weight excluding hydrogens is 288 g/mol. The van der Waals surface area contributed by atoms with Crippen LogP contribution in [0.25, 0.3) is 0 Å². The average Bonchev–Trinajstić information content (AvgIpc) is 2.51. The first kappa shape index (κ1) is 17.5. The van der Waals surface area contributed by atoms with Crippen LogP contribution < -0.4 is 10.1 Å².